The average Bonchev–Trinajstić information content (AvgIpc) is 3.25. The molecule has 6 heteroatoms. The van der Waals surface area contributed by atoms with Gasteiger partial charge in [0.2, 0.25) is 0 Å². The van der Waals surface area contributed by atoms with Crippen molar-refractivity contribution in [3.8, 4) is 0 Å². The Kier molecular flexibility index (Phi) is 5.15. The zero-order chi connectivity index (χ0) is 19.9. The Morgan fingerprint density at radius 3 is 1.36 bits per heavy atom. The maximum absolute atomic E-state index is 6.92. The van der Waals surface area contributed by atoms with Gasteiger partial charge in [0, 0.05) is 8.65 Å². The van der Waals surface area contributed by atoms with Gasteiger partial charge in [-0.15, -0.1) is 23.2 Å². The zero-order valence-electron chi connectivity index (χ0n) is 15.0. The molecule has 150 valence electrons. The van der Waals surface area contributed by atoms with E-state index < -0.39 is 0 Å². The number of allylic oxidation sites excluding steroid dienone is 4. The highest BCUT2D eigenvalue weighted by Crippen LogP contribution is 2.62. The third-order valence-corrected chi connectivity index (χ3v) is 13.5. The van der Waals surface area contributed by atoms with Gasteiger partial charge in [-0.3, -0.25) is 0 Å². The Bertz CT molecular complexity index is 816. The van der Waals surface area contributed by atoms with Gasteiger partial charge in [0.15, 0.2) is 0 Å². The summed E-state index contributed by atoms with van der Waals surface area (Å²) in [6.07, 6.45) is 13.0. The highest BCUT2D eigenvalue weighted by atomic mass is 79.9. The van der Waals surface area contributed by atoms with Gasteiger partial charge < -0.3 is 0 Å². The number of rotatable bonds is 4. The quantitative estimate of drug-likeness (QED) is 0.227. The minimum absolute atomic E-state index is 0.0171. The predicted octanol–water partition coefficient (Wildman–Crippen LogP) is 7.70. The molecule has 2 fully saturated rings. The van der Waals surface area contributed by atoms with Crippen LogP contribution < -0.4 is 0 Å². The monoisotopic (exact) mass is 670 g/mol. The lowest BCUT2D eigenvalue weighted by molar-refractivity contribution is 0.475. The SMILES string of the molecule is ClC1C(Cc2ccccc2CC2C(Cl)C3(Br)C=CC2(Br)C3)C2(Br)C=CC1(Br)C2. The molecule has 5 rings (SSSR count). The molecular formula is C22H20Br4Cl2. The van der Waals surface area contributed by atoms with Crippen LogP contribution in [0.2, 0.25) is 0 Å². The minimum atomic E-state index is -0.0867. The lowest BCUT2D eigenvalue weighted by Gasteiger charge is -2.33. The smallest absolute Gasteiger partial charge is 0.0620 e. The van der Waals surface area contributed by atoms with Crippen LogP contribution in [0.1, 0.15) is 24.0 Å². The van der Waals surface area contributed by atoms with E-state index in [1.54, 1.807) is 0 Å². The van der Waals surface area contributed by atoms with Crippen molar-refractivity contribution in [3.05, 3.63) is 59.7 Å². The Morgan fingerprint density at radius 2 is 1.04 bits per heavy atom. The first kappa shape index (κ1) is 21.1. The van der Waals surface area contributed by atoms with Crippen LogP contribution >= 0.6 is 86.9 Å². The molecule has 0 aliphatic heterocycles. The summed E-state index contributed by atoms with van der Waals surface area (Å²) in [7, 11) is 0. The molecule has 28 heavy (non-hydrogen) atoms. The maximum Gasteiger partial charge on any atom is 0.0620 e. The third-order valence-electron chi connectivity index (χ3n) is 7.21. The highest BCUT2D eigenvalue weighted by Gasteiger charge is 2.61. The molecule has 4 aliphatic carbocycles. The molecule has 8 atom stereocenters. The molecule has 1 aromatic rings. The first-order valence-corrected chi connectivity index (χ1v) is 13.6. The third kappa shape index (κ3) is 3.05. The first-order valence-electron chi connectivity index (χ1n) is 9.60. The highest BCUT2D eigenvalue weighted by molar-refractivity contribution is 9.11. The van der Waals surface area contributed by atoms with E-state index in [0.717, 1.165) is 25.7 Å². The fourth-order valence-electron chi connectivity index (χ4n) is 5.64. The molecule has 0 nitrogen and oxygen atoms in total. The second-order valence-electron chi connectivity index (χ2n) is 8.92. The number of hydrogen-bond donors (Lipinski definition) is 0. The van der Waals surface area contributed by atoms with E-state index in [9.17, 15) is 0 Å². The maximum atomic E-state index is 6.92. The van der Waals surface area contributed by atoms with Crippen molar-refractivity contribution in [2.24, 2.45) is 11.8 Å². The van der Waals surface area contributed by atoms with Crippen molar-refractivity contribution in [1.82, 2.24) is 0 Å². The Balaban J connectivity index is 1.42. The van der Waals surface area contributed by atoms with Gasteiger partial charge in [-0.2, -0.15) is 0 Å². The standard InChI is InChI=1S/C22H20Br4Cl2/c23-19-5-7-21(25,11-19)17(27)15(19)9-13-3-1-2-4-14(13)10-16-18(28)22(26)8-6-20(16,24)12-22/h1-8,15-18H,9-12H2. The number of benzene rings is 1. The lowest BCUT2D eigenvalue weighted by atomic mass is 9.82. The van der Waals surface area contributed by atoms with Crippen LogP contribution in [0, 0.1) is 11.8 Å². The van der Waals surface area contributed by atoms with Crippen molar-refractivity contribution >= 4 is 86.9 Å². The Hall–Kier alpha value is 1.20. The molecule has 0 aromatic heterocycles. The summed E-state index contributed by atoms with van der Waals surface area (Å²) in [5.41, 5.74) is 2.79. The molecule has 0 heterocycles. The molecule has 8 unspecified atom stereocenters. The number of halogens is 6. The normalized spacial score (nSPS) is 50.8. The van der Waals surface area contributed by atoms with Crippen LogP contribution in [0.5, 0.6) is 0 Å². The Labute approximate surface area is 210 Å². The fraction of sp³-hybridized carbons (Fsp3) is 0.545. The first-order chi connectivity index (χ1) is 13.1. The zero-order valence-corrected chi connectivity index (χ0v) is 22.9. The van der Waals surface area contributed by atoms with E-state index in [1.165, 1.54) is 11.1 Å². The number of alkyl halides is 6. The Morgan fingerprint density at radius 1 is 0.679 bits per heavy atom. The van der Waals surface area contributed by atoms with Gasteiger partial charge in [0.1, 0.15) is 0 Å². The molecular weight excluding hydrogens is 655 g/mol. The molecule has 0 saturated heterocycles. The van der Waals surface area contributed by atoms with Crippen molar-refractivity contribution in [2.45, 2.75) is 53.7 Å². The van der Waals surface area contributed by atoms with Crippen molar-refractivity contribution in [2.75, 3.05) is 0 Å². The molecule has 0 spiro atoms. The second kappa shape index (κ2) is 6.85. The lowest BCUT2D eigenvalue weighted by Crippen LogP contribution is -2.36. The summed E-state index contributed by atoms with van der Waals surface area (Å²) in [6.45, 7) is 0. The van der Waals surface area contributed by atoms with Crippen molar-refractivity contribution in [1.29, 1.82) is 0 Å². The number of fused-ring (bicyclic) bond motifs is 4. The van der Waals surface area contributed by atoms with E-state index in [1.807, 2.05) is 0 Å². The molecule has 0 amide bonds. The van der Waals surface area contributed by atoms with Crippen LogP contribution in [0.25, 0.3) is 0 Å². The van der Waals surface area contributed by atoms with Crippen molar-refractivity contribution < 1.29 is 0 Å². The minimum Gasteiger partial charge on any atom is -0.121 e. The van der Waals surface area contributed by atoms with E-state index in [2.05, 4.69) is 112 Å². The van der Waals surface area contributed by atoms with Gasteiger partial charge in [-0.25, -0.2) is 0 Å². The molecule has 4 bridgehead atoms. The summed E-state index contributed by atoms with van der Waals surface area (Å²) in [5.74, 6) is 0.707. The summed E-state index contributed by atoms with van der Waals surface area (Å²) in [6, 6.07) is 8.82. The van der Waals surface area contributed by atoms with E-state index in [4.69, 9.17) is 23.2 Å². The summed E-state index contributed by atoms with van der Waals surface area (Å²) < 4.78 is -0.208. The molecule has 4 aliphatic rings. The van der Waals surface area contributed by atoms with Crippen LogP contribution in [-0.4, -0.2) is 28.1 Å². The van der Waals surface area contributed by atoms with Gasteiger partial charge in [0.05, 0.1) is 19.4 Å². The molecule has 0 radical (unpaired) electrons. The average molecular weight is 675 g/mol. The summed E-state index contributed by atoms with van der Waals surface area (Å²) in [4.78, 5) is 0. The predicted molar refractivity (Wildman–Crippen MR) is 134 cm³/mol. The van der Waals surface area contributed by atoms with Crippen LogP contribution in [0.15, 0.2) is 48.6 Å². The van der Waals surface area contributed by atoms with Gasteiger partial charge in [-0.1, -0.05) is 112 Å². The molecule has 0 N–H and O–H groups in total. The topological polar surface area (TPSA) is 0 Å². The fourth-order valence-corrected chi connectivity index (χ4v) is 11.5. The van der Waals surface area contributed by atoms with Crippen molar-refractivity contribution in [3.63, 3.8) is 0 Å². The summed E-state index contributed by atoms with van der Waals surface area (Å²) in [5, 5.41) is 0.147. The summed E-state index contributed by atoms with van der Waals surface area (Å²) >= 11 is 29.6. The van der Waals surface area contributed by atoms with Crippen LogP contribution in [-0.2, 0) is 12.8 Å². The number of hydrogen-bond acceptors (Lipinski definition) is 0. The molecule has 1 aromatic carbocycles. The molecule has 2 saturated carbocycles. The van der Waals surface area contributed by atoms with Crippen LogP contribution in [0.3, 0.4) is 0 Å². The van der Waals surface area contributed by atoms with E-state index >= 15 is 0 Å². The van der Waals surface area contributed by atoms with Gasteiger partial charge in [0.25, 0.3) is 0 Å². The van der Waals surface area contributed by atoms with Gasteiger partial charge in [-0.05, 0) is 48.6 Å². The van der Waals surface area contributed by atoms with E-state index in [-0.39, 0.29) is 28.1 Å². The van der Waals surface area contributed by atoms with Crippen LogP contribution in [0.4, 0.5) is 0 Å². The van der Waals surface area contributed by atoms with Gasteiger partial charge >= 0.3 is 0 Å². The van der Waals surface area contributed by atoms with E-state index in [0.29, 0.717) is 11.8 Å². The second-order valence-corrected chi connectivity index (χ2v) is 15.8. The largest absolute Gasteiger partial charge is 0.121 e.